The van der Waals surface area contributed by atoms with Crippen LogP contribution in [0.3, 0.4) is 0 Å². The lowest BCUT2D eigenvalue weighted by molar-refractivity contribution is 0.0948. The van der Waals surface area contributed by atoms with E-state index < -0.39 is 11.7 Å². The number of anilines is 3. The summed E-state index contributed by atoms with van der Waals surface area (Å²) in [6.07, 6.45) is 4.64. The van der Waals surface area contributed by atoms with E-state index in [1.807, 2.05) is 25.1 Å². The van der Waals surface area contributed by atoms with Crippen molar-refractivity contribution in [3.8, 4) is 5.88 Å². The summed E-state index contributed by atoms with van der Waals surface area (Å²) in [6.45, 7) is 2.48. The summed E-state index contributed by atoms with van der Waals surface area (Å²) in [5, 5.41) is 7.08. The number of rotatable bonds is 10. The third kappa shape index (κ3) is 6.19. The summed E-state index contributed by atoms with van der Waals surface area (Å²) in [5.74, 6) is -0.703. The third-order valence-corrected chi connectivity index (χ3v) is 6.49. The molecule has 2 aromatic heterocycles. The number of aromatic nitrogens is 2. The zero-order valence-electron chi connectivity index (χ0n) is 20.6. The molecule has 2 heterocycles. The van der Waals surface area contributed by atoms with Crippen LogP contribution in [0, 0.1) is 5.82 Å². The SMILES string of the molecule is COC(C)CCOc1ccc2cc(Nc3nc(N[C@@H]4CCCCC4N)c(F)cc3C(N)=O)ccc2n1. The van der Waals surface area contributed by atoms with Gasteiger partial charge < -0.3 is 31.6 Å². The zero-order chi connectivity index (χ0) is 25.7. The molecule has 3 atom stereocenters. The molecular formula is C26H33FN6O3. The van der Waals surface area contributed by atoms with Gasteiger partial charge in [-0.2, -0.15) is 0 Å². The first-order valence-corrected chi connectivity index (χ1v) is 12.2. The molecule has 1 fully saturated rings. The van der Waals surface area contributed by atoms with Crippen LogP contribution in [0.2, 0.25) is 0 Å². The van der Waals surface area contributed by atoms with E-state index in [4.69, 9.17) is 20.9 Å². The van der Waals surface area contributed by atoms with Gasteiger partial charge in [0.2, 0.25) is 5.88 Å². The van der Waals surface area contributed by atoms with Gasteiger partial charge in [0.1, 0.15) is 5.82 Å². The summed E-state index contributed by atoms with van der Waals surface area (Å²) in [6, 6.07) is 10.1. The van der Waals surface area contributed by atoms with Crippen LogP contribution in [0.4, 0.5) is 21.7 Å². The highest BCUT2D eigenvalue weighted by molar-refractivity contribution is 5.99. The second-order valence-corrected chi connectivity index (χ2v) is 9.14. The van der Waals surface area contributed by atoms with E-state index in [0.717, 1.165) is 49.1 Å². The lowest BCUT2D eigenvalue weighted by Gasteiger charge is -2.30. The number of nitrogens with zero attached hydrogens (tertiary/aromatic N) is 2. The molecule has 3 aromatic rings. The standard InChI is InChI=1S/C26H33FN6O3/c1-15(35-2)11-12-36-23-10-7-16-13-17(8-9-21(16)31-23)30-25-18(24(29)34)14-19(27)26(33-25)32-22-6-4-3-5-20(22)28/h7-10,13-15,20,22H,3-6,11-12,28H2,1-2H3,(H2,29,34)(H2,30,32,33)/t15?,20?,22-/m1/s1. The number of fused-ring (bicyclic) bond motifs is 1. The minimum Gasteiger partial charge on any atom is -0.478 e. The number of benzene rings is 1. The number of nitrogens with one attached hydrogen (secondary N) is 2. The van der Waals surface area contributed by atoms with E-state index in [1.165, 1.54) is 0 Å². The number of hydrogen-bond donors (Lipinski definition) is 4. The first-order valence-electron chi connectivity index (χ1n) is 12.2. The first-order chi connectivity index (χ1) is 17.3. The molecule has 0 aliphatic heterocycles. The molecule has 1 amide bonds. The Balaban J connectivity index is 1.54. The van der Waals surface area contributed by atoms with Crippen molar-refractivity contribution in [2.75, 3.05) is 24.4 Å². The quantitative estimate of drug-likeness (QED) is 0.329. The molecule has 6 N–H and O–H groups in total. The van der Waals surface area contributed by atoms with Gasteiger partial charge in [-0.15, -0.1) is 0 Å². The van der Waals surface area contributed by atoms with Crippen molar-refractivity contribution in [1.82, 2.24) is 9.97 Å². The Morgan fingerprint density at radius 1 is 1.17 bits per heavy atom. The number of methoxy groups -OCH3 is 1. The van der Waals surface area contributed by atoms with Crippen molar-refractivity contribution in [3.05, 3.63) is 47.8 Å². The van der Waals surface area contributed by atoms with Crippen LogP contribution >= 0.6 is 0 Å². The Hall–Kier alpha value is -3.50. The van der Waals surface area contributed by atoms with Crippen LogP contribution in [0.1, 0.15) is 49.4 Å². The number of carbonyl (C=O) groups excluding carboxylic acids is 1. The maximum atomic E-state index is 14.8. The summed E-state index contributed by atoms with van der Waals surface area (Å²) < 4.78 is 25.7. The zero-order valence-corrected chi connectivity index (χ0v) is 20.6. The van der Waals surface area contributed by atoms with E-state index >= 15 is 0 Å². The van der Waals surface area contributed by atoms with Gasteiger partial charge in [0, 0.05) is 42.8 Å². The fourth-order valence-corrected chi connectivity index (χ4v) is 4.24. The number of amides is 1. The normalized spacial score (nSPS) is 18.6. The lowest BCUT2D eigenvalue weighted by Crippen LogP contribution is -2.43. The molecule has 0 bridgehead atoms. The van der Waals surface area contributed by atoms with Gasteiger partial charge in [-0.1, -0.05) is 12.8 Å². The Morgan fingerprint density at radius 2 is 1.97 bits per heavy atom. The number of carbonyl (C=O) groups is 1. The minimum absolute atomic E-state index is 0.0388. The Bertz CT molecular complexity index is 1220. The number of hydrogen-bond acceptors (Lipinski definition) is 8. The van der Waals surface area contributed by atoms with E-state index in [1.54, 1.807) is 19.2 Å². The monoisotopic (exact) mass is 496 g/mol. The number of ether oxygens (including phenoxy) is 2. The topological polar surface area (TPSA) is 137 Å². The highest BCUT2D eigenvalue weighted by atomic mass is 19.1. The minimum atomic E-state index is -0.781. The number of pyridine rings is 2. The van der Waals surface area contributed by atoms with Crippen molar-refractivity contribution < 1.29 is 18.7 Å². The van der Waals surface area contributed by atoms with Gasteiger partial charge in [-0.3, -0.25) is 4.79 Å². The van der Waals surface area contributed by atoms with Crippen LogP contribution < -0.4 is 26.8 Å². The fourth-order valence-electron chi connectivity index (χ4n) is 4.24. The number of primary amides is 1. The van der Waals surface area contributed by atoms with Gasteiger partial charge in [-0.25, -0.2) is 14.4 Å². The molecular weight excluding hydrogens is 463 g/mol. The predicted molar refractivity (Wildman–Crippen MR) is 138 cm³/mol. The number of nitrogens with two attached hydrogens (primary N) is 2. The molecule has 0 saturated heterocycles. The molecule has 192 valence electrons. The van der Waals surface area contributed by atoms with Gasteiger partial charge in [0.05, 0.1) is 23.8 Å². The summed E-state index contributed by atoms with van der Waals surface area (Å²) in [7, 11) is 1.67. The Morgan fingerprint density at radius 3 is 2.72 bits per heavy atom. The van der Waals surface area contributed by atoms with Gasteiger partial charge in [-0.05, 0) is 50.1 Å². The number of halogens is 1. The molecule has 1 aliphatic carbocycles. The van der Waals surface area contributed by atoms with Crippen LogP contribution in [0.5, 0.6) is 5.88 Å². The van der Waals surface area contributed by atoms with E-state index in [2.05, 4.69) is 20.6 Å². The average molecular weight is 497 g/mol. The Labute approximate surface area is 209 Å². The molecule has 4 rings (SSSR count). The van der Waals surface area contributed by atoms with Crippen LogP contribution in [-0.2, 0) is 4.74 Å². The van der Waals surface area contributed by atoms with Crippen molar-refractivity contribution >= 4 is 34.1 Å². The van der Waals surface area contributed by atoms with E-state index in [0.29, 0.717) is 18.2 Å². The highest BCUT2D eigenvalue weighted by Crippen LogP contribution is 2.28. The molecule has 0 spiro atoms. The molecule has 1 aromatic carbocycles. The average Bonchev–Trinajstić information content (AvgIpc) is 2.86. The molecule has 9 nitrogen and oxygen atoms in total. The summed E-state index contributed by atoms with van der Waals surface area (Å²) in [4.78, 5) is 20.9. The fraction of sp³-hybridized carbons (Fsp3) is 0.423. The van der Waals surface area contributed by atoms with Crippen LogP contribution in [0.15, 0.2) is 36.4 Å². The van der Waals surface area contributed by atoms with Crippen LogP contribution in [-0.4, -0.2) is 47.8 Å². The third-order valence-electron chi connectivity index (χ3n) is 6.49. The van der Waals surface area contributed by atoms with E-state index in [-0.39, 0.29) is 35.4 Å². The largest absolute Gasteiger partial charge is 0.478 e. The molecule has 10 heteroatoms. The molecule has 2 unspecified atom stereocenters. The second-order valence-electron chi connectivity index (χ2n) is 9.14. The highest BCUT2D eigenvalue weighted by Gasteiger charge is 2.24. The Kier molecular flexibility index (Phi) is 8.17. The second kappa shape index (κ2) is 11.5. The van der Waals surface area contributed by atoms with Crippen molar-refractivity contribution in [2.24, 2.45) is 11.5 Å². The first kappa shape index (κ1) is 25.6. The smallest absolute Gasteiger partial charge is 0.252 e. The molecule has 1 aliphatic rings. The van der Waals surface area contributed by atoms with Crippen LogP contribution in [0.25, 0.3) is 10.9 Å². The van der Waals surface area contributed by atoms with Crippen molar-refractivity contribution in [1.29, 1.82) is 0 Å². The molecule has 1 saturated carbocycles. The maximum Gasteiger partial charge on any atom is 0.252 e. The molecule has 36 heavy (non-hydrogen) atoms. The van der Waals surface area contributed by atoms with Gasteiger partial charge >= 0.3 is 0 Å². The maximum absolute atomic E-state index is 14.8. The summed E-state index contributed by atoms with van der Waals surface area (Å²) in [5.41, 5.74) is 13.1. The van der Waals surface area contributed by atoms with E-state index in [9.17, 15) is 9.18 Å². The van der Waals surface area contributed by atoms with Crippen molar-refractivity contribution in [2.45, 2.75) is 57.2 Å². The predicted octanol–water partition coefficient (Wildman–Crippen LogP) is 4.10. The summed E-state index contributed by atoms with van der Waals surface area (Å²) >= 11 is 0. The van der Waals surface area contributed by atoms with Gasteiger partial charge in [0.15, 0.2) is 11.6 Å². The van der Waals surface area contributed by atoms with Gasteiger partial charge in [0.25, 0.3) is 5.91 Å². The van der Waals surface area contributed by atoms with Crippen molar-refractivity contribution in [3.63, 3.8) is 0 Å². The lowest BCUT2D eigenvalue weighted by atomic mass is 9.91. The molecule has 0 radical (unpaired) electrons.